The number of H-pyrrole nitrogens is 1. The maximum absolute atomic E-state index is 14.1. The third-order valence-corrected chi connectivity index (χ3v) is 9.94. The molecule has 0 radical (unpaired) electrons. The van der Waals surface area contributed by atoms with Crippen molar-refractivity contribution in [3.05, 3.63) is 91.5 Å². The molecule has 3 N–H and O–H groups in total. The van der Waals surface area contributed by atoms with Gasteiger partial charge in [0.05, 0.1) is 47.8 Å². The molecule has 51 heavy (non-hydrogen) atoms. The maximum Gasteiger partial charge on any atom is 0.338 e. The summed E-state index contributed by atoms with van der Waals surface area (Å²) in [6.45, 7) is 13.4. The molecule has 5 rings (SSSR count). The van der Waals surface area contributed by atoms with Crippen molar-refractivity contribution in [3.8, 4) is 16.9 Å². The number of ether oxygens (including phenoxy) is 2. The molecule has 10 nitrogen and oxygen atoms in total. The Morgan fingerprint density at radius 1 is 1.02 bits per heavy atom. The van der Waals surface area contributed by atoms with Gasteiger partial charge in [0, 0.05) is 40.8 Å². The third-order valence-electron chi connectivity index (χ3n) is 9.02. The van der Waals surface area contributed by atoms with Gasteiger partial charge in [-0.25, -0.2) is 9.78 Å². The van der Waals surface area contributed by atoms with Crippen LogP contribution in [-0.2, 0) is 24.8 Å². The Balaban J connectivity index is 1.47. The molecular weight excluding hydrogens is 687 g/mol. The maximum atomic E-state index is 14.1. The fourth-order valence-corrected chi connectivity index (χ4v) is 6.67. The van der Waals surface area contributed by atoms with E-state index in [1.807, 2.05) is 63.7 Å². The molecule has 0 unspecified atom stereocenters. The van der Waals surface area contributed by atoms with E-state index in [1.54, 1.807) is 12.1 Å². The molecule has 0 aliphatic carbocycles. The monoisotopic (exact) mass is 732 g/mol. The van der Waals surface area contributed by atoms with Gasteiger partial charge in [-0.05, 0) is 99.9 Å². The van der Waals surface area contributed by atoms with E-state index in [0.717, 1.165) is 67.3 Å². The zero-order valence-electron chi connectivity index (χ0n) is 30.5. The van der Waals surface area contributed by atoms with Crippen LogP contribution in [0.1, 0.15) is 81.3 Å². The molecule has 0 saturated carbocycles. The summed E-state index contributed by atoms with van der Waals surface area (Å²) < 4.78 is 12.9. The number of benzene rings is 2. The number of esters is 1. The molecule has 0 fully saturated rings. The molecule has 0 saturated heterocycles. The molecule has 5 aromatic rings. The van der Waals surface area contributed by atoms with E-state index in [9.17, 15) is 9.59 Å². The smallest absolute Gasteiger partial charge is 0.338 e. The topological polar surface area (TPSA) is 123 Å². The van der Waals surface area contributed by atoms with Gasteiger partial charge in [-0.15, -0.1) is 0 Å². The van der Waals surface area contributed by atoms with Crippen molar-refractivity contribution in [1.82, 2.24) is 25.1 Å². The minimum Gasteiger partial charge on any atom is -0.494 e. The van der Waals surface area contributed by atoms with Gasteiger partial charge in [-0.2, -0.15) is 5.10 Å². The van der Waals surface area contributed by atoms with Crippen LogP contribution in [0.5, 0.6) is 5.75 Å². The number of pyridine rings is 1. The van der Waals surface area contributed by atoms with Crippen LogP contribution in [-0.4, -0.2) is 51.9 Å². The highest BCUT2D eigenvalue weighted by Crippen LogP contribution is 2.40. The molecule has 0 aliphatic rings. The SMILES string of the molecule is COC(=O)c1cc(CNC(=O)c2[nH]c3c(-c4c(C)nn(C)c4C)c(Cl)ccc3c2CCCOc2cc(C)c(Cl)c(C)c2)nc(NCCC(C)C)c1. The van der Waals surface area contributed by atoms with Crippen molar-refractivity contribution in [2.75, 3.05) is 25.6 Å². The van der Waals surface area contributed by atoms with Crippen molar-refractivity contribution in [3.63, 3.8) is 0 Å². The third kappa shape index (κ3) is 8.51. The first-order chi connectivity index (χ1) is 24.3. The number of aromatic amines is 1. The van der Waals surface area contributed by atoms with Gasteiger partial charge in [0.1, 0.15) is 17.3 Å². The second kappa shape index (κ2) is 16.2. The standard InChI is InChI=1S/C39H46Cl2N6O4/c1-21(2)13-14-42-32-19-26(39(49)50-8)18-27(44-32)20-43-38(48)37-29(10-9-15-51-28-16-22(3)35(41)23(4)17-28)30-11-12-31(40)34(36(30)45-37)33-24(5)46-47(7)25(33)6/h11-12,16-19,21,45H,9-10,13-15,20H2,1-8H3,(H,42,44)(H,43,48). The highest BCUT2D eigenvalue weighted by Gasteiger charge is 2.24. The zero-order chi connectivity index (χ0) is 37.0. The number of anilines is 1. The first-order valence-corrected chi connectivity index (χ1v) is 17.9. The molecule has 3 aromatic heterocycles. The highest BCUT2D eigenvalue weighted by atomic mass is 35.5. The Morgan fingerprint density at radius 2 is 1.75 bits per heavy atom. The van der Waals surface area contributed by atoms with E-state index in [-0.39, 0.29) is 12.5 Å². The number of aryl methyl sites for hydroxylation is 5. The fraction of sp³-hybridized carbons (Fsp3) is 0.385. The van der Waals surface area contributed by atoms with Gasteiger partial charge in [0.25, 0.3) is 5.91 Å². The summed E-state index contributed by atoms with van der Waals surface area (Å²) in [5, 5.41) is 13.1. The van der Waals surface area contributed by atoms with Crippen LogP contribution >= 0.6 is 23.2 Å². The largest absolute Gasteiger partial charge is 0.494 e. The number of amides is 1. The van der Waals surface area contributed by atoms with Crippen molar-refractivity contribution in [2.24, 2.45) is 13.0 Å². The minimum absolute atomic E-state index is 0.0874. The molecule has 0 spiro atoms. The number of fused-ring (bicyclic) bond motifs is 1. The lowest BCUT2D eigenvalue weighted by atomic mass is 9.98. The minimum atomic E-state index is -0.480. The Labute approximate surface area is 309 Å². The van der Waals surface area contributed by atoms with E-state index < -0.39 is 5.97 Å². The van der Waals surface area contributed by atoms with Gasteiger partial charge in [-0.3, -0.25) is 9.48 Å². The van der Waals surface area contributed by atoms with Crippen LogP contribution in [0.4, 0.5) is 5.82 Å². The summed E-state index contributed by atoms with van der Waals surface area (Å²) in [6, 6.07) is 11.0. The summed E-state index contributed by atoms with van der Waals surface area (Å²) in [5.41, 5.74) is 8.32. The quantitative estimate of drug-likeness (QED) is 0.0771. The van der Waals surface area contributed by atoms with Crippen LogP contribution in [0.25, 0.3) is 22.0 Å². The van der Waals surface area contributed by atoms with E-state index in [1.165, 1.54) is 7.11 Å². The Bertz CT molecular complexity index is 2060. The lowest BCUT2D eigenvalue weighted by molar-refractivity contribution is 0.0600. The number of carbonyl (C=O) groups excluding carboxylic acids is 2. The molecule has 12 heteroatoms. The number of hydrogen-bond acceptors (Lipinski definition) is 7. The van der Waals surface area contributed by atoms with Crippen LogP contribution in [0.2, 0.25) is 10.0 Å². The first kappa shape index (κ1) is 37.7. The molecule has 0 bridgehead atoms. The number of methoxy groups -OCH3 is 1. The number of nitrogens with zero attached hydrogens (tertiary/aromatic N) is 3. The van der Waals surface area contributed by atoms with Crippen LogP contribution < -0.4 is 15.4 Å². The lowest BCUT2D eigenvalue weighted by Crippen LogP contribution is -2.25. The Hall–Kier alpha value is -4.54. The average molecular weight is 734 g/mol. The van der Waals surface area contributed by atoms with Crippen molar-refractivity contribution < 1.29 is 19.1 Å². The van der Waals surface area contributed by atoms with E-state index in [4.69, 9.17) is 32.7 Å². The lowest BCUT2D eigenvalue weighted by Gasteiger charge is -2.12. The highest BCUT2D eigenvalue weighted by molar-refractivity contribution is 6.35. The molecule has 270 valence electrons. The Morgan fingerprint density at radius 3 is 2.39 bits per heavy atom. The normalized spacial score (nSPS) is 11.4. The van der Waals surface area contributed by atoms with Gasteiger partial charge >= 0.3 is 5.97 Å². The molecule has 1 amide bonds. The summed E-state index contributed by atoms with van der Waals surface area (Å²) in [4.78, 5) is 34.7. The average Bonchev–Trinajstić information content (AvgIpc) is 3.58. The summed E-state index contributed by atoms with van der Waals surface area (Å²) in [5.74, 6) is 1.01. The Kier molecular flexibility index (Phi) is 12.0. The second-order valence-corrected chi connectivity index (χ2v) is 14.1. The van der Waals surface area contributed by atoms with E-state index in [2.05, 4.69) is 39.5 Å². The van der Waals surface area contributed by atoms with Crippen molar-refractivity contribution in [2.45, 2.75) is 67.3 Å². The fourth-order valence-electron chi connectivity index (χ4n) is 6.31. The van der Waals surface area contributed by atoms with Crippen molar-refractivity contribution in [1.29, 1.82) is 0 Å². The molecule has 3 heterocycles. The van der Waals surface area contributed by atoms with E-state index >= 15 is 0 Å². The molecule has 0 aliphatic heterocycles. The van der Waals surface area contributed by atoms with Gasteiger partial charge in [0.2, 0.25) is 0 Å². The number of halogens is 2. The number of carbonyl (C=O) groups is 2. The summed E-state index contributed by atoms with van der Waals surface area (Å²) in [7, 11) is 3.24. The molecule has 0 atom stereocenters. The first-order valence-electron chi connectivity index (χ1n) is 17.1. The van der Waals surface area contributed by atoms with Gasteiger partial charge in [0.15, 0.2) is 0 Å². The van der Waals surface area contributed by atoms with Gasteiger partial charge < -0.3 is 25.1 Å². The van der Waals surface area contributed by atoms with Crippen molar-refractivity contribution >= 4 is 51.8 Å². The summed E-state index contributed by atoms with van der Waals surface area (Å²) in [6.07, 6.45) is 2.14. The number of nitrogens with one attached hydrogen (secondary N) is 3. The van der Waals surface area contributed by atoms with Gasteiger partial charge in [-0.1, -0.05) is 43.1 Å². The molecule has 2 aromatic carbocycles. The molecular formula is C39H46Cl2N6O4. The van der Waals surface area contributed by atoms with E-state index in [0.29, 0.717) is 59.7 Å². The van der Waals surface area contributed by atoms with Crippen LogP contribution in [0.3, 0.4) is 0 Å². The van der Waals surface area contributed by atoms with Crippen LogP contribution in [0.15, 0.2) is 36.4 Å². The zero-order valence-corrected chi connectivity index (χ0v) is 32.0. The van der Waals surface area contributed by atoms with Crippen LogP contribution in [0, 0.1) is 33.6 Å². The predicted molar refractivity (Wildman–Crippen MR) is 204 cm³/mol. The number of hydrogen-bond donors (Lipinski definition) is 3. The summed E-state index contributed by atoms with van der Waals surface area (Å²) >= 11 is 13.2. The number of aromatic nitrogens is 4. The predicted octanol–water partition coefficient (Wildman–Crippen LogP) is 8.69. The second-order valence-electron chi connectivity index (χ2n) is 13.3. The number of rotatable bonds is 14.